The van der Waals surface area contributed by atoms with E-state index < -0.39 is 0 Å². The highest BCUT2D eigenvalue weighted by Crippen LogP contribution is 2.32. The Morgan fingerprint density at radius 2 is 1.94 bits per heavy atom. The summed E-state index contributed by atoms with van der Waals surface area (Å²) in [5, 5.41) is 2.90. The molecule has 2 aliphatic carbocycles. The van der Waals surface area contributed by atoms with Gasteiger partial charge in [0, 0.05) is 6.54 Å². The smallest absolute Gasteiger partial charge is 0.249 e. The van der Waals surface area contributed by atoms with Crippen LogP contribution in [0.5, 0.6) is 0 Å². The minimum atomic E-state index is -0.196. The van der Waals surface area contributed by atoms with Gasteiger partial charge in [-0.2, -0.15) is 0 Å². The molecule has 0 heterocycles. The lowest BCUT2D eigenvalue weighted by Gasteiger charge is -2.20. The van der Waals surface area contributed by atoms with Gasteiger partial charge in [-0.25, -0.2) is 0 Å². The van der Waals surface area contributed by atoms with Gasteiger partial charge < -0.3 is 10.1 Å². The van der Waals surface area contributed by atoms with Gasteiger partial charge in [-0.1, -0.05) is 25.7 Å². The summed E-state index contributed by atoms with van der Waals surface area (Å²) in [6, 6.07) is 0. The van der Waals surface area contributed by atoms with E-state index in [1.807, 2.05) is 6.92 Å². The van der Waals surface area contributed by atoms with Crippen LogP contribution in [-0.2, 0) is 9.53 Å². The highest BCUT2D eigenvalue weighted by atomic mass is 16.5. The summed E-state index contributed by atoms with van der Waals surface area (Å²) in [5.41, 5.74) is 0. The van der Waals surface area contributed by atoms with E-state index in [1.54, 1.807) is 0 Å². The first kappa shape index (κ1) is 12.9. The van der Waals surface area contributed by atoms with Gasteiger partial charge in [0.15, 0.2) is 0 Å². The van der Waals surface area contributed by atoms with Crippen molar-refractivity contribution in [1.82, 2.24) is 5.32 Å². The lowest BCUT2D eigenvalue weighted by Crippen LogP contribution is -2.37. The summed E-state index contributed by atoms with van der Waals surface area (Å²) in [4.78, 5) is 11.9. The normalized spacial score (nSPS) is 22.6. The van der Waals surface area contributed by atoms with Gasteiger partial charge in [0.25, 0.3) is 0 Å². The molecule has 0 aromatic heterocycles. The molecule has 2 rings (SSSR count). The molecule has 3 nitrogen and oxygen atoms in total. The second kappa shape index (κ2) is 6.39. The van der Waals surface area contributed by atoms with Gasteiger partial charge in [0.1, 0.15) is 6.10 Å². The van der Waals surface area contributed by atoms with Crippen LogP contribution in [0, 0.1) is 11.8 Å². The van der Waals surface area contributed by atoms with Crippen LogP contribution in [0.3, 0.4) is 0 Å². The zero-order valence-electron chi connectivity index (χ0n) is 10.9. The molecule has 0 aromatic rings. The van der Waals surface area contributed by atoms with E-state index in [0.29, 0.717) is 12.5 Å². The van der Waals surface area contributed by atoms with Gasteiger partial charge in [0.05, 0.1) is 6.61 Å². The first-order chi connectivity index (χ1) is 8.29. The molecule has 2 fully saturated rings. The first-order valence-corrected chi connectivity index (χ1v) is 7.19. The zero-order chi connectivity index (χ0) is 12.1. The number of carbonyl (C=O) groups is 1. The lowest BCUT2D eigenvalue weighted by molar-refractivity contribution is -0.134. The van der Waals surface area contributed by atoms with Gasteiger partial charge in [-0.3, -0.25) is 4.79 Å². The Morgan fingerprint density at radius 3 is 2.53 bits per heavy atom. The van der Waals surface area contributed by atoms with Gasteiger partial charge in [0.2, 0.25) is 5.91 Å². The third-order valence-electron chi connectivity index (χ3n) is 3.90. The van der Waals surface area contributed by atoms with Crippen LogP contribution in [0.25, 0.3) is 0 Å². The van der Waals surface area contributed by atoms with Crippen molar-refractivity contribution < 1.29 is 9.53 Å². The predicted molar refractivity (Wildman–Crippen MR) is 67.7 cm³/mol. The molecule has 0 aromatic carbocycles. The van der Waals surface area contributed by atoms with Crippen molar-refractivity contribution in [2.75, 3.05) is 13.2 Å². The molecular formula is C14H25NO2. The van der Waals surface area contributed by atoms with Crippen molar-refractivity contribution in [2.24, 2.45) is 11.8 Å². The number of rotatable bonds is 7. The molecule has 0 bridgehead atoms. The van der Waals surface area contributed by atoms with E-state index >= 15 is 0 Å². The molecule has 1 atom stereocenters. The number of likely N-dealkylation sites (N-methyl/N-ethyl adjacent to an activating group) is 1. The molecule has 1 unspecified atom stereocenters. The van der Waals surface area contributed by atoms with E-state index in [0.717, 1.165) is 18.9 Å². The second-order valence-electron chi connectivity index (χ2n) is 5.55. The van der Waals surface area contributed by atoms with Crippen LogP contribution >= 0.6 is 0 Å². The molecule has 0 spiro atoms. The average Bonchev–Trinajstić information content (AvgIpc) is 3.00. The largest absolute Gasteiger partial charge is 0.368 e. The molecule has 0 saturated heterocycles. The molecule has 0 radical (unpaired) electrons. The third-order valence-corrected chi connectivity index (χ3v) is 3.90. The van der Waals surface area contributed by atoms with Crippen molar-refractivity contribution >= 4 is 5.91 Å². The summed E-state index contributed by atoms with van der Waals surface area (Å²) in [7, 11) is 0. The van der Waals surface area contributed by atoms with E-state index in [1.165, 1.54) is 38.5 Å². The molecule has 2 aliphatic rings. The Morgan fingerprint density at radius 1 is 1.24 bits per heavy atom. The summed E-state index contributed by atoms with van der Waals surface area (Å²) < 4.78 is 5.83. The first-order valence-electron chi connectivity index (χ1n) is 7.19. The van der Waals surface area contributed by atoms with Crippen molar-refractivity contribution in [3.8, 4) is 0 Å². The molecule has 2 saturated carbocycles. The fraction of sp³-hybridized carbons (Fsp3) is 0.929. The van der Waals surface area contributed by atoms with Crippen molar-refractivity contribution in [2.45, 2.75) is 58.0 Å². The average molecular weight is 239 g/mol. The third kappa shape index (κ3) is 4.30. The molecule has 3 heteroatoms. The number of amides is 1. The highest BCUT2D eigenvalue weighted by molar-refractivity contribution is 5.80. The Kier molecular flexibility index (Phi) is 4.84. The highest BCUT2D eigenvalue weighted by Gasteiger charge is 2.28. The van der Waals surface area contributed by atoms with E-state index in [9.17, 15) is 4.79 Å². The standard InChI is InChI=1S/C14H25NO2/c1-2-15-14(16)13(17-10-12-7-8-12)9-11-5-3-4-6-11/h11-13H,2-10H2,1H3,(H,15,16). The van der Waals surface area contributed by atoms with Crippen molar-refractivity contribution in [3.63, 3.8) is 0 Å². The van der Waals surface area contributed by atoms with Crippen LogP contribution < -0.4 is 5.32 Å². The topological polar surface area (TPSA) is 38.3 Å². The predicted octanol–water partition coefficient (Wildman–Crippen LogP) is 2.50. The SMILES string of the molecule is CCNC(=O)C(CC1CCCC1)OCC1CC1. The Bertz CT molecular complexity index is 245. The van der Waals surface area contributed by atoms with Crippen LogP contribution in [0.15, 0.2) is 0 Å². The monoisotopic (exact) mass is 239 g/mol. The second-order valence-corrected chi connectivity index (χ2v) is 5.55. The minimum absolute atomic E-state index is 0.0973. The maximum atomic E-state index is 11.9. The van der Waals surface area contributed by atoms with E-state index in [2.05, 4.69) is 5.32 Å². The fourth-order valence-corrected chi connectivity index (χ4v) is 2.62. The summed E-state index contributed by atoms with van der Waals surface area (Å²) in [6.45, 7) is 3.45. The summed E-state index contributed by atoms with van der Waals surface area (Å²) in [6.07, 6.45) is 8.52. The minimum Gasteiger partial charge on any atom is -0.368 e. The molecule has 1 amide bonds. The fourth-order valence-electron chi connectivity index (χ4n) is 2.62. The Balaban J connectivity index is 1.78. The maximum Gasteiger partial charge on any atom is 0.249 e. The van der Waals surface area contributed by atoms with Gasteiger partial charge in [-0.15, -0.1) is 0 Å². The maximum absolute atomic E-state index is 11.9. The van der Waals surface area contributed by atoms with Gasteiger partial charge in [-0.05, 0) is 38.0 Å². The van der Waals surface area contributed by atoms with Gasteiger partial charge >= 0.3 is 0 Å². The van der Waals surface area contributed by atoms with Crippen LogP contribution in [0.2, 0.25) is 0 Å². The summed E-state index contributed by atoms with van der Waals surface area (Å²) in [5.74, 6) is 1.54. The molecule has 1 N–H and O–H groups in total. The van der Waals surface area contributed by atoms with E-state index in [-0.39, 0.29) is 12.0 Å². The van der Waals surface area contributed by atoms with Crippen LogP contribution in [-0.4, -0.2) is 25.2 Å². The van der Waals surface area contributed by atoms with Crippen molar-refractivity contribution in [3.05, 3.63) is 0 Å². The number of hydrogen-bond acceptors (Lipinski definition) is 2. The van der Waals surface area contributed by atoms with Crippen molar-refractivity contribution in [1.29, 1.82) is 0 Å². The number of nitrogens with one attached hydrogen (secondary N) is 1. The Labute approximate surface area is 104 Å². The lowest BCUT2D eigenvalue weighted by atomic mass is 9.99. The van der Waals surface area contributed by atoms with Crippen LogP contribution in [0.4, 0.5) is 0 Å². The quantitative estimate of drug-likeness (QED) is 0.741. The van der Waals surface area contributed by atoms with E-state index in [4.69, 9.17) is 4.74 Å². The van der Waals surface area contributed by atoms with Crippen LogP contribution in [0.1, 0.15) is 51.9 Å². The Hall–Kier alpha value is -0.570. The number of hydrogen-bond donors (Lipinski definition) is 1. The molecule has 17 heavy (non-hydrogen) atoms. The summed E-state index contributed by atoms with van der Waals surface area (Å²) >= 11 is 0. The molecular weight excluding hydrogens is 214 g/mol. The molecule has 0 aliphatic heterocycles. The zero-order valence-corrected chi connectivity index (χ0v) is 10.9. The number of carbonyl (C=O) groups excluding carboxylic acids is 1. The molecule has 98 valence electrons. The number of ether oxygens (including phenoxy) is 1.